The van der Waals surface area contributed by atoms with Crippen LogP contribution in [0.3, 0.4) is 0 Å². The number of carbonyl (C=O) groups is 1. The lowest BCUT2D eigenvalue weighted by Gasteiger charge is -2.36. The van der Waals surface area contributed by atoms with Crippen LogP contribution in [0.4, 0.5) is 10.1 Å². The second-order valence-corrected chi connectivity index (χ2v) is 5.05. The van der Waals surface area contributed by atoms with Crippen LogP contribution in [-0.2, 0) is 0 Å². The van der Waals surface area contributed by atoms with Crippen LogP contribution in [0.5, 0.6) is 0 Å². The molecule has 1 aromatic rings. The Bertz CT molecular complexity index is 453. The molecular weight excluding hydrogens is 243 g/mol. The van der Waals surface area contributed by atoms with Gasteiger partial charge in [-0.2, -0.15) is 0 Å². The first kappa shape index (κ1) is 14.0. The Labute approximate surface area is 114 Å². The van der Waals surface area contributed by atoms with E-state index in [4.69, 9.17) is 0 Å². The summed E-state index contributed by atoms with van der Waals surface area (Å²) < 4.78 is 14.0. The largest absolute Gasteiger partial charge is 0.367 e. The number of nitrogens with zero attached hydrogens (tertiary/aromatic N) is 2. The summed E-state index contributed by atoms with van der Waals surface area (Å²) in [6, 6.07) is 4.77. The molecule has 1 saturated heterocycles. The summed E-state index contributed by atoms with van der Waals surface area (Å²) in [7, 11) is 0. The molecule has 1 aliphatic rings. The number of ketones is 1. The van der Waals surface area contributed by atoms with Gasteiger partial charge in [-0.15, -0.1) is 0 Å². The molecule has 0 saturated carbocycles. The number of benzene rings is 1. The van der Waals surface area contributed by atoms with Gasteiger partial charge in [0.1, 0.15) is 5.82 Å². The first-order chi connectivity index (χ1) is 9.11. The van der Waals surface area contributed by atoms with Crippen LogP contribution in [0.15, 0.2) is 18.2 Å². The first-order valence-corrected chi connectivity index (χ1v) is 6.89. The third kappa shape index (κ3) is 3.32. The van der Waals surface area contributed by atoms with E-state index in [-0.39, 0.29) is 11.6 Å². The molecule has 1 aromatic carbocycles. The standard InChI is InChI=1S/C15H21FN2O/c1-3-6-17-7-9-18(10-8-17)15-5-4-13(12(2)19)11-14(15)16/h4-5,11H,3,6-10H2,1-2H3. The van der Waals surface area contributed by atoms with Crippen molar-refractivity contribution in [3.8, 4) is 0 Å². The Morgan fingerprint density at radius 1 is 1.26 bits per heavy atom. The first-order valence-electron chi connectivity index (χ1n) is 6.89. The quantitative estimate of drug-likeness (QED) is 0.781. The van der Waals surface area contributed by atoms with Crippen molar-refractivity contribution in [2.24, 2.45) is 0 Å². The average Bonchev–Trinajstić information content (AvgIpc) is 2.40. The predicted molar refractivity (Wildman–Crippen MR) is 75.3 cm³/mol. The summed E-state index contributed by atoms with van der Waals surface area (Å²) >= 11 is 0. The third-order valence-electron chi connectivity index (χ3n) is 3.61. The highest BCUT2D eigenvalue weighted by Gasteiger charge is 2.19. The average molecular weight is 264 g/mol. The lowest BCUT2D eigenvalue weighted by atomic mass is 10.1. The molecule has 1 heterocycles. The summed E-state index contributed by atoms with van der Waals surface area (Å²) in [5.41, 5.74) is 1.05. The van der Waals surface area contributed by atoms with Gasteiger partial charge in [0.25, 0.3) is 0 Å². The normalized spacial score (nSPS) is 16.7. The zero-order valence-corrected chi connectivity index (χ0v) is 11.7. The molecule has 2 rings (SSSR count). The Hall–Kier alpha value is -1.42. The molecule has 0 amide bonds. The maximum Gasteiger partial charge on any atom is 0.159 e. The van der Waals surface area contributed by atoms with Gasteiger partial charge in [0, 0.05) is 31.7 Å². The van der Waals surface area contributed by atoms with Gasteiger partial charge in [-0.1, -0.05) is 6.92 Å². The van der Waals surface area contributed by atoms with E-state index in [2.05, 4.69) is 16.7 Å². The van der Waals surface area contributed by atoms with E-state index < -0.39 is 0 Å². The molecule has 0 aliphatic carbocycles. The minimum atomic E-state index is -0.295. The van der Waals surface area contributed by atoms with Gasteiger partial charge >= 0.3 is 0 Å². The van der Waals surface area contributed by atoms with Gasteiger partial charge in [-0.05, 0) is 38.1 Å². The van der Waals surface area contributed by atoms with Crippen molar-refractivity contribution < 1.29 is 9.18 Å². The molecule has 0 spiro atoms. The molecular formula is C15H21FN2O. The monoisotopic (exact) mass is 264 g/mol. The fraction of sp³-hybridized carbons (Fsp3) is 0.533. The van der Waals surface area contributed by atoms with Crippen LogP contribution >= 0.6 is 0 Å². The van der Waals surface area contributed by atoms with E-state index >= 15 is 0 Å². The molecule has 19 heavy (non-hydrogen) atoms. The number of halogens is 1. The third-order valence-corrected chi connectivity index (χ3v) is 3.61. The molecule has 1 fully saturated rings. The van der Waals surface area contributed by atoms with E-state index in [1.165, 1.54) is 13.0 Å². The van der Waals surface area contributed by atoms with Crippen LogP contribution in [0.1, 0.15) is 30.6 Å². The Morgan fingerprint density at radius 2 is 1.95 bits per heavy atom. The van der Waals surface area contributed by atoms with E-state index in [0.717, 1.165) is 39.1 Å². The van der Waals surface area contributed by atoms with Gasteiger partial charge in [0.05, 0.1) is 5.69 Å². The number of hydrogen-bond acceptors (Lipinski definition) is 3. The van der Waals surface area contributed by atoms with Crippen LogP contribution in [0, 0.1) is 5.82 Å². The molecule has 1 aliphatic heterocycles. The van der Waals surface area contributed by atoms with Crippen molar-refractivity contribution in [2.45, 2.75) is 20.3 Å². The molecule has 4 heteroatoms. The lowest BCUT2D eigenvalue weighted by molar-refractivity contribution is 0.101. The second-order valence-electron chi connectivity index (χ2n) is 5.05. The molecule has 0 bridgehead atoms. The SMILES string of the molecule is CCCN1CCN(c2ccc(C(C)=O)cc2F)CC1. The van der Waals surface area contributed by atoms with Crippen molar-refractivity contribution in [3.05, 3.63) is 29.6 Å². The minimum Gasteiger partial charge on any atom is -0.367 e. The number of Topliss-reactive ketones (excluding diaryl/α,β-unsaturated/α-hetero) is 1. The zero-order valence-electron chi connectivity index (χ0n) is 11.7. The summed E-state index contributed by atoms with van der Waals surface area (Å²) in [5.74, 6) is -0.394. The topological polar surface area (TPSA) is 23.6 Å². The highest BCUT2D eigenvalue weighted by atomic mass is 19.1. The fourth-order valence-electron chi connectivity index (χ4n) is 2.51. The number of rotatable bonds is 4. The van der Waals surface area contributed by atoms with Gasteiger partial charge in [0.2, 0.25) is 0 Å². The van der Waals surface area contributed by atoms with Gasteiger partial charge in [-0.3, -0.25) is 9.69 Å². The summed E-state index contributed by atoms with van der Waals surface area (Å²) in [6.07, 6.45) is 1.15. The second kappa shape index (κ2) is 6.15. The minimum absolute atomic E-state index is 0.0989. The maximum atomic E-state index is 14.0. The smallest absolute Gasteiger partial charge is 0.159 e. The Morgan fingerprint density at radius 3 is 2.47 bits per heavy atom. The number of anilines is 1. The van der Waals surface area contributed by atoms with Gasteiger partial charge in [-0.25, -0.2) is 4.39 Å². The van der Waals surface area contributed by atoms with E-state index in [9.17, 15) is 9.18 Å². The van der Waals surface area contributed by atoms with Crippen molar-refractivity contribution in [1.29, 1.82) is 0 Å². The van der Waals surface area contributed by atoms with Crippen molar-refractivity contribution in [1.82, 2.24) is 4.90 Å². The number of piperazine rings is 1. The molecule has 0 atom stereocenters. The Kier molecular flexibility index (Phi) is 4.53. The van der Waals surface area contributed by atoms with Crippen LogP contribution in [-0.4, -0.2) is 43.4 Å². The number of carbonyl (C=O) groups excluding carboxylic acids is 1. The molecule has 0 unspecified atom stereocenters. The molecule has 0 N–H and O–H groups in total. The van der Waals surface area contributed by atoms with Crippen LogP contribution < -0.4 is 4.90 Å². The van der Waals surface area contributed by atoms with Crippen molar-refractivity contribution >= 4 is 11.5 Å². The highest BCUT2D eigenvalue weighted by Crippen LogP contribution is 2.22. The summed E-state index contributed by atoms with van der Waals surface area (Å²) in [5, 5.41) is 0. The van der Waals surface area contributed by atoms with E-state index in [1.54, 1.807) is 12.1 Å². The fourth-order valence-corrected chi connectivity index (χ4v) is 2.51. The van der Waals surface area contributed by atoms with Crippen LogP contribution in [0.25, 0.3) is 0 Å². The maximum absolute atomic E-state index is 14.0. The Balaban J connectivity index is 2.05. The zero-order chi connectivity index (χ0) is 13.8. The molecule has 104 valence electrons. The summed E-state index contributed by atoms with van der Waals surface area (Å²) in [4.78, 5) is 15.7. The van der Waals surface area contributed by atoms with E-state index in [1.807, 2.05) is 0 Å². The number of hydrogen-bond donors (Lipinski definition) is 0. The lowest BCUT2D eigenvalue weighted by Crippen LogP contribution is -2.46. The predicted octanol–water partition coefficient (Wildman–Crippen LogP) is 2.56. The van der Waals surface area contributed by atoms with E-state index in [0.29, 0.717) is 11.3 Å². The highest BCUT2D eigenvalue weighted by molar-refractivity contribution is 5.94. The molecule has 0 radical (unpaired) electrons. The van der Waals surface area contributed by atoms with Gasteiger partial charge in [0.15, 0.2) is 5.78 Å². The van der Waals surface area contributed by atoms with Crippen molar-refractivity contribution in [3.63, 3.8) is 0 Å². The van der Waals surface area contributed by atoms with Crippen LogP contribution in [0.2, 0.25) is 0 Å². The summed E-state index contributed by atoms with van der Waals surface area (Å²) in [6.45, 7) is 8.38. The van der Waals surface area contributed by atoms with Crippen molar-refractivity contribution in [2.75, 3.05) is 37.6 Å². The molecule has 0 aromatic heterocycles. The molecule has 3 nitrogen and oxygen atoms in total. The van der Waals surface area contributed by atoms with Gasteiger partial charge < -0.3 is 4.90 Å².